The minimum absolute atomic E-state index is 0.0251. The summed E-state index contributed by atoms with van der Waals surface area (Å²) >= 11 is 0. The van der Waals surface area contributed by atoms with Gasteiger partial charge in [-0.05, 0) is 55.4 Å². The van der Waals surface area contributed by atoms with Crippen molar-refractivity contribution in [1.82, 2.24) is 0 Å². The Morgan fingerprint density at radius 3 is 2.75 bits per heavy atom. The van der Waals surface area contributed by atoms with Gasteiger partial charge in [0.1, 0.15) is 6.10 Å². The van der Waals surface area contributed by atoms with Gasteiger partial charge < -0.3 is 9.84 Å². The van der Waals surface area contributed by atoms with Crippen LogP contribution in [0.5, 0.6) is 0 Å². The van der Waals surface area contributed by atoms with Crippen LogP contribution in [0.3, 0.4) is 0 Å². The van der Waals surface area contributed by atoms with Crippen LogP contribution in [0.25, 0.3) is 0 Å². The third-order valence-electron chi connectivity index (χ3n) is 4.88. The minimum atomic E-state index is -1.04. The maximum atomic E-state index is 12.2. The number of ether oxygens (including phenoxy) is 1. The quantitative estimate of drug-likeness (QED) is 0.633. The molecule has 0 saturated heterocycles. The van der Waals surface area contributed by atoms with E-state index in [1.165, 1.54) is 6.42 Å². The second-order valence-corrected chi connectivity index (χ2v) is 6.88. The molecule has 0 radical (unpaired) electrons. The Kier molecular flexibility index (Phi) is 5.25. The van der Waals surface area contributed by atoms with Crippen molar-refractivity contribution in [3.05, 3.63) is 11.6 Å². The second-order valence-electron chi connectivity index (χ2n) is 6.88. The average Bonchev–Trinajstić information content (AvgIpc) is 2.91. The van der Waals surface area contributed by atoms with Gasteiger partial charge in [-0.2, -0.15) is 0 Å². The Hall–Kier alpha value is -0.830. The van der Waals surface area contributed by atoms with Gasteiger partial charge in [0.15, 0.2) is 6.10 Å². The number of allylic oxidation sites excluding steroid dienone is 1. The summed E-state index contributed by atoms with van der Waals surface area (Å²) in [5.41, 5.74) is 0.847. The molecular formula is C17H28O3. The van der Waals surface area contributed by atoms with Crippen LogP contribution in [0.4, 0.5) is 0 Å². The molecule has 20 heavy (non-hydrogen) atoms. The lowest BCUT2D eigenvalue weighted by molar-refractivity contribution is -0.163. The van der Waals surface area contributed by atoms with Crippen molar-refractivity contribution in [3.63, 3.8) is 0 Å². The number of carbonyl (C=O) groups excluding carboxylic acids is 1. The molecule has 0 spiro atoms. The van der Waals surface area contributed by atoms with Crippen LogP contribution in [0.2, 0.25) is 0 Å². The van der Waals surface area contributed by atoms with Gasteiger partial charge >= 0.3 is 5.97 Å². The highest BCUT2D eigenvalue weighted by Crippen LogP contribution is 2.35. The van der Waals surface area contributed by atoms with Gasteiger partial charge in [0, 0.05) is 0 Å². The lowest BCUT2D eigenvalue weighted by Crippen LogP contribution is -2.38. The molecule has 1 fully saturated rings. The zero-order valence-corrected chi connectivity index (χ0v) is 13.0. The molecule has 2 aliphatic rings. The van der Waals surface area contributed by atoms with E-state index in [2.05, 4.69) is 20.8 Å². The fourth-order valence-corrected chi connectivity index (χ4v) is 3.56. The first-order chi connectivity index (χ1) is 9.49. The highest BCUT2D eigenvalue weighted by molar-refractivity contribution is 5.78. The van der Waals surface area contributed by atoms with Gasteiger partial charge in [0.25, 0.3) is 0 Å². The predicted molar refractivity (Wildman–Crippen MR) is 79.2 cm³/mol. The van der Waals surface area contributed by atoms with Gasteiger partial charge in [0.2, 0.25) is 0 Å². The largest absolute Gasteiger partial charge is 0.460 e. The molecule has 2 aliphatic carbocycles. The van der Waals surface area contributed by atoms with Gasteiger partial charge in [-0.3, -0.25) is 0 Å². The van der Waals surface area contributed by atoms with Crippen LogP contribution in [0.15, 0.2) is 11.6 Å². The van der Waals surface area contributed by atoms with E-state index in [1.807, 2.05) is 6.08 Å². The summed E-state index contributed by atoms with van der Waals surface area (Å²) in [4.78, 5) is 12.2. The van der Waals surface area contributed by atoms with Crippen molar-refractivity contribution in [2.24, 2.45) is 17.8 Å². The van der Waals surface area contributed by atoms with Crippen molar-refractivity contribution >= 4 is 5.97 Å². The monoisotopic (exact) mass is 280 g/mol. The molecule has 0 aromatic rings. The molecule has 114 valence electrons. The van der Waals surface area contributed by atoms with Gasteiger partial charge in [0.05, 0.1) is 0 Å². The topological polar surface area (TPSA) is 46.5 Å². The highest BCUT2D eigenvalue weighted by atomic mass is 16.6. The number of hydrogen-bond acceptors (Lipinski definition) is 3. The molecule has 1 N–H and O–H groups in total. The molecule has 0 aromatic heterocycles. The molecule has 2 rings (SSSR count). The Morgan fingerprint density at radius 2 is 2.15 bits per heavy atom. The third kappa shape index (κ3) is 3.63. The number of aliphatic hydroxyl groups excluding tert-OH is 1. The zero-order chi connectivity index (χ0) is 14.7. The summed E-state index contributed by atoms with van der Waals surface area (Å²) in [6, 6.07) is 0. The maximum absolute atomic E-state index is 12.2. The SMILES string of the molecule is CC(C)[C@@H]1CC[C@@H](C)C[C@H]1OC(=O)[C@@H](O)C1=CCCC1. The Bertz CT molecular complexity index is 372. The van der Waals surface area contributed by atoms with Crippen molar-refractivity contribution in [3.8, 4) is 0 Å². The number of carbonyl (C=O) groups is 1. The van der Waals surface area contributed by atoms with Crippen LogP contribution < -0.4 is 0 Å². The smallest absolute Gasteiger partial charge is 0.339 e. The number of aliphatic hydroxyl groups is 1. The molecule has 4 atom stereocenters. The van der Waals surface area contributed by atoms with Gasteiger partial charge in [-0.25, -0.2) is 4.79 Å². The van der Waals surface area contributed by atoms with E-state index in [4.69, 9.17) is 4.74 Å². The summed E-state index contributed by atoms with van der Waals surface area (Å²) in [5.74, 6) is 1.11. The molecular weight excluding hydrogens is 252 g/mol. The highest BCUT2D eigenvalue weighted by Gasteiger charge is 2.35. The number of rotatable bonds is 4. The standard InChI is InChI=1S/C17H28O3/c1-11(2)14-9-8-12(3)10-15(14)20-17(19)16(18)13-6-4-5-7-13/h6,11-12,14-16,18H,4-5,7-10H2,1-3H3/t12-,14+,15-,16+/m1/s1. The molecule has 0 aromatic carbocycles. The summed E-state index contributed by atoms with van der Waals surface area (Å²) < 4.78 is 5.68. The zero-order valence-electron chi connectivity index (χ0n) is 13.0. The molecule has 1 saturated carbocycles. The average molecular weight is 280 g/mol. The van der Waals surface area contributed by atoms with Gasteiger partial charge in [-0.15, -0.1) is 0 Å². The summed E-state index contributed by atoms with van der Waals surface area (Å²) in [6.07, 6.45) is 7.01. The first kappa shape index (κ1) is 15.6. The Balaban J connectivity index is 1.96. The van der Waals surface area contributed by atoms with Crippen LogP contribution >= 0.6 is 0 Å². The first-order valence-corrected chi connectivity index (χ1v) is 8.06. The third-order valence-corrected chi connectivity index (χ3v) is 4.88. The van der Waals surface area contributed by atoms with Crippen LogP contribution in [0, 0.1) is 17.8 Å². The van der Waals surface area contributed by atoms with E-state index in [-0.39, 0.29) is 6.10 Å². The number of hydrogen-bond donors (Lipinski definition) is 1. The molecule has 0 amide bonds. The Morgan fingerprint density at radius 1 is 1.40 bits per heavy atom. The van der Waals surface area contributed by atoms with Crippen LogP contribution in [0.1, 0.15) is 59.3 Å². The van der Waals surface area contributed by atoms with E-state index in [9.17, 15) is 9.90 Å². The van der Waals surface area contributed by atoms with Crippen LogP contribution in [-0.2, 0) is 9.53 Å². The minimum Gasteiger partial charge on any atom is -0.460 e. The summed E-state index contributed by atoms with van der Waals surface area (Å²) in [6.45, 7) is 6.60. The van der Waals surface area contributed by atoms with Crippen LogP contribution in [-0.4, -0.2) is 23.3 Å². The van der Waals surface area contributed by atoms with E-state index in [0.717, 1.165) is 37.7 Å². The molecule has 0 heterocycles. The van der Waals surface area contributed by atoms with E-state index in [1.54, 1.807) is 0 Å². The first-order valence-electron chi connectivity index (χ1n) is 8.06. The summed E-state index contributed by atoms with van der Waals surface area (Å²) in [7, 11) is 0. The van der Waals surface area contributed by atoms with Crippen molar-refractivity contribution in [2.75, 3.05) is 0 Å². The maximum Gasteiger partial charge on any atom is 0.339 e. The molecule has 3 nitrogen and oxygen atoms in total. The van der Waals surface area contributed by atoms with Crippen molar-refractivity contribution in [1.29, 1.82) is 0 Å². The fourth-order valence-electron chi connectivity index (χ4n) is 3.56. The molecule has 3 heteroatoms. The normalized spacial score (nSPS) is 32.0. The lowest BCUT2D eigenvalue weighted by Gasteiger charge is -2.37. The van der Waals surface area contributed by atoms with E-state index >= 15 is 0 Å². The van der Waals surface area contributed by atoms with Crippen molar-refractivity contribution in [2.45, 2.75) is 71.5 Å². The van der Waals surface area contributed by atoms with E-state index < -0.39 is 12.1 Å². The molecule has 0 unspecified atom stereocenters. The summed E-state index contributed by atoms with van der Waals surface area (Å²) in [5, 5.41) is 10.1. The molecule has 0 aliphatic heterocycles. The predicted octanol–water partition coefficient (Wildman–Crippen LogP) is 3.46. The fraction of sp³-hybridized carbons (Fsp3) is 0.824. The van der Waals surface area contributed by atoms with Crippen molar-refractivity contribution < 1.29 is 14.6 Å². The Labute approximate surface area is 122 Å². The van der Waals surface area contributed by atoms with Gasteiger partial charge in [-0.1, -0.05) is 33.3 Å². The van der Waals surface area contributed by atoms with E-state index in [0.29, 0.717) is 17.8 Å². The lowest BCUT2D eigenvalue weighted by atomic mass is 9.75. The number of esters is 1. The molecule has 0 bridgehead atoms. The second kappa shape index (κ2) is 6.75.